The number of carboxylic acid groups (broad SMARTS) is 1. The molecule has 0 fully saturated rings. The van der Waals surface area contributed by atoms with Crippen molar-refractivity contribution >= 4 is 5.97 Å². The highest BCUT2D eigenvalue weighted by molar-refractivity contribution is 5.87. The van der Waals surface area contributed by atoms with E-state index in [1.54, 1.807) is 12.1 Å². The van der Waals surface area contributed by atoms with Crippen LogP contribution >= 0.6 is 0 Å². The lowest BCUT2D eigenvalue weighted by molar-refractivity contribution is 0.0696. The van der Waals surface area contributed by atoms with Crippen molar-refractivity contribution in [3.63, 3.8) is 0 Å². The molecule has 0 aliphatic rings. The molecule has 0 heterocycles. The standard InChI is InChI=1S/C18H30N2O2/c1-5-19(6-2)10-11-20(13-15(3)4)14-16-8-7-9-17(12-16)18(21)22/h7-9,12,15H,5-6,10-11,13-14H2,1-4H3,(H,21,22). The van der Waals surface area contributed by atoms with E-state index in [-0.39, 0.29) is 0 Å². The van der Waals surface area contributed by atoms with E-state index in [9.17, 15) is 4.79 Å². The van der Waals surface area contributed by atoms with Crippen LogP contribution in [-0.2, 0) is 6.54 Å². The first-order chi connectivity index (χ1) is 10.5. The second-order valence-corrected chi connectivity index (χ2v) is 6.16. The molecule has 124 valence electrons. The molecule has 22 heavy (non-hydrogen) atoms. The van der Waals surface area contributed by atoms with Crippen molar-refractivity contribution in [3.8, 4) is 0 Å². The first kappa shape index (κ1) is 18.7. The number of carboxylic acids is 1. The molecular weight excluding hydrogens is 276 g/mol. The highest BCUT2D eigenvalue weighted by Crippen LogP contribution is 2.10. The maximum absolute atomic E-state index is 11.1. The van der Waals surface area contributed by atoms with Crippen molar-refractivity contribution in [3.05, 3.63) is 35.4 Å². The van der Waals surface area contributed by atoms with Gasteiger partial charge in [0.25, 0.3) is 0 Å². The van der Waals surface area contributed by atoms with E-state index in [1.807, 2.05) is 12.1 Å². The molecule has 4 heteroatoms. The minimum atomic E-state index is -0.861. The predicted molar refractivity (Wildman–Crippen MR) is 91.3 cm³/mol. The van der Waals surface area contributed by atoms with Gasteiger partial charge in [-0.15, -0.1) is 0 Å². The zero-order chi connectivity index (χ0) is 16.5. The van der Waals surface area contributed by atoms with Crippen molar-refractivity contribution < 1.29 is 9.90 Å². The highest BCUT2D eigenvalue weighted by atomic mass is 16.4. The monoisotopic (exact) mass is 306 g/mol. The van der Waals surface area contributed by atoms with Crippen LogP contribution < -0.4 is 0 Å². The minimum Gasteiger partial charge on any atom is -0.478 e. The molecule has 0 atom stereocenters. The van der Waals surface area contributed by atoms with E-state index >= 15 is 0 Å². The Kier molecular flexibility index (Phi) is 8.13. The van der Waals surface area contributed by atoms with Gasteiger partial charge in [-0.1, -0.05) is 39.8 Å². The van der Waals surface area contributed by atoms with Gasteiger partial charge in [0.15, 0.2) is 0 Å². The topological polar surface area (TPSA) is 43.8 Å². The largest absolute Gasteiger partial charge is 0.478 e. The maximum Gasteiger partial charge on any atom is 0.335 e. The van der Waals surface area contributed by atoms with Crippen molar-refractivity contribution in [2.75, 3.05) is 32.7 Å². The molecule has 1 rings (SSSR count). The number of nitrogens with zero attached hydrogens (tertiary/aromatic N) is 2. The first-order valence-corrected chi connectivity index (χ1v) is 8.23. The van der Waals surface area contributed by atoms with E-state index in [4.69, 9.17) is 5.11 Å². The molecule has 0 amide bonds. The summed E-state index contributed by atoms with van der Waals surface area (Å²) in [5.74, 6) is -0.264. The second-order valence-electron chi connectivity index (χ2n) is 6.16. The lowest BCUT2D eigenvalue weighted by Gasteiger charge is -2.27. The average molecular weight is 306 g/mol. The number of hydrogen-bond acceptors (Lipinski definition) is 3. The molecule has 0 spiro atoms. The summed E-state index contributed by atoms with van der Waals surface area (Å²) in [6.07, 6.45) is 0. The summed E-state index contributed by atoms with van der Waals surface area (Å²) in [4.78, 5) is 15.9. The summed E-state index contributed by atoms with van der Waals surface area (Å²) in [7, 11) is 0. The molecular formula is C18H30N2O2. The summed E-state index contributed by atoms with van der Waals surface area (Å²) in [6.45, 7) is 14.9. The van der Waals surface area contributed by atoms with Gasteiger partial charge in [0, 0.05) is 26.2 Å². The number of benzene rings is 1. The number of aromatic carboxylic acids is 1. The molecule has 0 saturated heterocycles. The first-order valence-electron chi connectivity index (χ1n) is 8.23. The molecule has 4 nitrogen and oxygen atoms in total. The number of likely N-dealkylation sites (N-methyl/N-ethyl adjacent to an activating group) is 1. The van der Waals surface area contributed by atoms with Gasteiger partial charge < -0.3 is 10.0 Å². The molecule has 0 saturated carbocycles. The minimum absolute atomic E-state index is 0.366. The van der Waals surface area contributed by atoms with Gasteiger partial charge in [-0.2, -0.15) is 0 Å². The molecule has 0 aromatic heterocycles. The third-order valence-corrected chi connectivity index (χ3v) is 3.83. The molecule has 0 bridgehead atoms. The van der Waals surface area contributed by atoms with Crippen LogP contribution in [0.1, 0.15) is 43.6 Å². The fourth-order valence-corrected chi connectivity index (χ4v) is 2.63. The van der Waals surface area contributed by atoms with Crippen LogP contribution in [-0.4, -0.2) is 53.6 Å². The van der Waals surface area contributed by atoms with Gasteiger partial charge in [0.2, 0.25) is 0 Å². The molecule has 0 aliphatic carbocycles. The SMILES string of the molecule is CCN(CC)CCN(Cc1cccc(C(=O)O)c1)CC(C)C. The molecule has 1 aromatic carbocycles. The molecule has 0 aliphatic heterocycles. The van der Waals surface area contributed by atoms with Crippen molar-refractivity contribution in [1.82, 2.24) is 9.80 Å². The summed E-state index contributed by atoms with van der Waals surface area (Å²) >= 11 is 0. The highest BCUT2D eigenvalue weighted by Gasteiger charge is 2.11. The molecule has 0 unspecified atom stereocenters. The zero-order valence-electron chi connectivity index (χ0n) is 14.4. The summed E-state index contributed by atoms with van der Waals surface area (Å²) in [5, 5.41) is 9.11. The summed E-state index contributed by atoms with van der Waals surface area (Å²) in [5.41, 5.74) is 1.44. The lowest BCUT2D eigenvalue weighted by atomic mass is 10.1. The average Bonchev–Trinajstić information content (AvgIpc) is 2.47. The molecule has 0 radical (unpaired) electrons. The normalized spacial score (nSPS) is 11.6. The smallest absolute Gasteiger partial charge is 0.335 e. The quantitative estimate of drug-likeness (QED) is 0.721. The van der Waals surface area contributed by atoms with Gasteiger partial charge >= 0.3 is 5.97 Å². The van der Waals surface area contributed by atoms with Gasteiger partial charge in [-0.05, 0) is 36.7 Å². The Morgan fingerprint density at radius 3 is 2.32 bits per heavy atom. The zero-order valence-corrected chi connectivity index (χ0v) is 14.4. The summed E-state index contributed by atoms with van der Waals surface area (Å²) in [6, 6.07) is 7.27. The number of hydrogen-bond donors (Lipinski definition) is 1. The van der Waals surface area contributed by atoms with Crippen molar-refractivity contribution in [1.29, 1.82) is 0 Å². The van der Waals surface area contributed by atoms with Crippen LogP contribution in [0.15, 0.2) is 24.3 Å². The Labute approximate surface area is 134 Å². The third kappa shape index (κ3) is 6.58. The second kappa shape index (κ2) is 9.59. The lowest BCUT2D eigenvalue weighted by Crippen LogP contribution is -2.36. The molecule has 1 aromatic rings. The molecule has 1 N–H and O–H groups in total. The third-order valence-electron chi connectivity index (χ3n) is 3.83. The van der Waals surface area contributed by atoms with Crippen LogP contribution in [0.25, 0.3) is 0 Å². The van der Waals surface area contributed by atoms with E-state index in [0.29, 0.717) is 11.5 Å². The maximum atomic E-state index is 11.1. The van der Waals surface area contributed by atoms with Gasteiger partial charge in [-0.3, -0.25) is 4.90 Å². The number of carbonyl (C=O) groups is 1. The fraction of sp³-hybridized carbons (Fsp3) is 0.611. The predicted octanol–water partition coefficient (Wildman–Crippen LogP) is 3.18. The van der Waals surface area contributed by atoms with E-state index < -0.39 is 5.97 Å². The van der Waals surface area contributed by atoms with Crippen LogP contribution in [0, 0.1) is 5.92 Å². The van der Waals surface area contributed by atoms with E-state index in [2.05, 4.69) is 37.5 Å². The van der Waals surface area contributed by atoms with Gasteiger partial charge in [0.1, 0.15) is 0 Å². The van der Waals surface area contributed by atoms with E-state index in [1.165, 1.54) is 0 Å². The van der Waals surface area contributed by atoms with Crippen LogP contribution in [0.5, 0.6) is 0 Å². The van der Waals surface area contributed by atoms with Crippen molar-refractivity contribution in [2.24, 2.45) is 5.92 Å². The van der Waals surface area contributed by atoms with Crippen molar-refractivity contribution in [2.45, 2.75) is 34.2 Å². The van der Waals surface area contributed by atoms with Crippen LogP contribution in [0.3, 0.4) is 0 Å². The van der Waals surface area contributed by atoms with Gasteiger partial charge in [-0.25, -0.2) is 4.79 Å². The van der Waals surface area contributed by atoms with Crippen LogP contribution in [0.2, 0.25) is 0 Å². The Bertz CT molecular complexity index is 456. The Balaban J connectivity index is 2.71. The number of rotatable bonds is 10. The Hall–Kier alpha value is -1.39. The fourth-order valence-electron chi connectivity index (χ4n) is 2.63. The summed E-state index contributed by atoms with van der Waals surface area (Å²) < 4.78 is 0. The van der Waals surface area contributed by atoms with Crippen LogP contribution in [0.4, 0.5) is 0 Å². The Morgan fingerprint density at radius 2 is 1.77 bits per heavy atom. The Morgan fingerprint density at radius 1 is 1.14 bits per heavy atom. The van der Waals surface area contributed by atoms with Gasteiger partial charge in [0.05, 0.1) is 5.56 Å². The van der Waals surface area contributed by atoms with E-state index in [0.717, 1.165) is 44.8 Å².